The van der Waals surface area contributed by atoms with Crippen LogP contribution in [0.1, 0.15) is 33.6 Å². The molecule has 2 aliphatic carbocycles. The Morgan fingerprint density at radius 2 is 1.95 bits per heavy atom. The lowest BCUT2D eigenvalue weighted by Gasteiger charge is -2.59. The van der Waals surface area contributed by atoms with Gasteiger partial charge in [0.2, 0.25) is 0 Å². The highest BCUT2D eigenvalue weighted by molar-refractivity contribution is 5.86. The van der Waals surface area contributed by atoms with Gasteiger partial charge in [-0.1, -0.05) is 6.92 Å². The summed E-state index contributed by atoms with van der Waals surface area (Å²) in [6, 6.07) is 0. The molecule has 3 heterocycles. The van der Waals surface area contributed by atoms with Gasteiger partial charge in [0.05, 0.1) is 29.5 Å². The fourth-order valence-corrected chi connectivity index (χ4v) is 6.40. The highest BCUT2D eigenvalue weighted by atomic mass is 16.6. The Hall–Kier alpha value is -1.14. The van der Waals surface area contributed by atoms with Gasteiger partial charge < -0.3 is 19.3 Å². The predicted molar refractivity (Wildman–Crippen MR) is 66.9 cm³/mol. The molecule has 7 atom stereocenters. The van der Waals surface area contributed by atoms with Crippen molar-refractivity contribution in [2.75, 3.05) is 6.61 Å². The fraction of sp³-hybridized carbons (Fsp3) is 0.867. The van der Waals surface area contributed by atoms with E-state index in [4.69, 9.17) is 14.2 Å². The first kappa shape index (κ1) is 12.4. The molecule has 0 radical (unpaired) electrons. The van der Waals surface area contributed by atoms with Gasteiger partial charge in [0.1, 0.15) is 23.2 Å². The summed E-state index contributed by atoms with van der Waals surface area (Å²) < 4.78 is 17.3. The Bertz CT molecular complexity index is 632. The second-order valence-electron chi connectivity index (χ2n) is 7.88. The Morgan fingerprint density at radius 3 is 2.67 bits per heavy atom. The molecule has 21 heavy (non-hydrogen) atoms. The molecular weight excluding hydrogens is 276 g/mol. The number of hydrogen-bond donors (Lipinski definition) is 1. The number of ether oxygens (including phenoxy) is 3. The van der Waals surface area contributed by atoms with E-state index in [-0.39, 0.29) is 25.0 Å². The Kier molecular flexibility index (Phi) is 1.62. The second kappa shape index (κ2) is 2.74. The third-order valence-corrected chi connectivity index (χ3v) is 7.72. The van der Waals surface area contributed by atoms with Gasteiger partial charge in [0.15, 0.2) is 0 Å². The van der Waals surface area contributed by atoms with E-state index in [2.05, 4.69) is 0 Å². The van der Waals surface area contributed by atoms with Crippen molar-refractivity contribution in [3.05, 3.63) is 0 Å². The van der Waals surface area contributed by atoms with Crippen LogP contribution in [0.5, 0.6) is 0 Å². The van der Waals surface area contributed by atoms with Crippen molar-refractivity contribution in [1.29, 1.82) is 0 Å². The van der Waals surface area contributed by atoms with Crippen molar-refractivity contribution < 1.29 is 28.9 Å². The number of cyclic esters (lactones) is 1. The van der Waals surface area contributed by atoms with E-state index in [0.29, 0.717) is 6.42 Å². The van der Waals surface area contributed by atoms with Gasteiger partial charge >= 0.3 is 11.9 Å². The van der Waals surface area contributed by atoms with Crippen LogP contribution >= 0.6 is 0 Å². The summed E-state index contributed by atoms with van der Waals surface area (Å²) in [5.41, 5.74) is -3.79. The number of rotatable bonds is 0. The topological polar surface area (TPSA) is 82.1 Å². The molecule has 5 rings (SSSR count). The van der Waals surface area contributed by atoms with Crippen LogP contribution in [-0.4, -0.2) is 47.1 Å². The number of esters is 2. The summed E-state index contributed by atoms with van der Waals surface area (Å²) in [4.78, 5) is 24.5. The molecule has 3 aliphatic heterocycles. The zero-order valence-electron chi connectivity index (χ0n) is 12.3. The molecule has 0 bridgehead atoms. The van der Waals surface area contributed by atoms with Gasteiger partial charge in [-0.25, -0.2) is 0 Å². The number of aliphatic hydroxyl groups is 1. The summed E-state index contributed by atoms with van der Waals surface area (Å²) in [6.45, 7) is 5.86. The molecule has 2 saturated carbocycles. The molecule has 6 heteroatoms. The van der Waals surface area contributed by atoms with Crippen LogP contribution in [0, 0.1) is 16.2 Å². The van der Waals surface area contributed by atoms with Crippen LogP contribution in [0.4, 0.5) is 0 Å². The third-order valence-electron chi connectivity index (χ3n) is 7.72. The van der Waals surface area contributed by atoms with Crippen molar-refractivity contribution in [1.82, 2.24) is 0 Å². The summed E-state index contributed by atoms with van der Waals surface area (Å²) in [7, 11) is 0. The van der Waals surface area contributed by atoms with Crippen LogP contribution in [0.3, 0.4) is 0 Å². The lowest BCUT2D eigenvalue weighted by Crippen LogP contribution is -2.72. The van der Waals surface area contributed by atoms with Crippen LogP contribution in [0.25, 0.3) is 0 Å². The average molecular weight is 294 g/mol. The first-order chi connectivity index (χ1) is 9.70. The van der Waals surface area contributed by atoms with E-state index in [9.17, 15) is 14.7 Å². The Labute approximate surface area is 121 Å². The van der Waals surface area contributed by atoms with Gasteiger partial charge in [-0.15, -0.1) is 0 Å². The summed E-state index contributed by atoms with van der Waals surface area (Å²) in [6.07, 6.45) is -0.601. The maximum Gasteiger partial charge on any atom is 0.315 e. The third kappa shape index (κ3) is 0.744. The fourth-order valence-electron chi connectivity index (χ4n) is 6.40. The number of hydrogen-bond acceptors (Lipinski definition) is 6. The number of carbonyl (C=O) groups is 2. The van der Waals surface area contributed by atoms with Crippen LogP contribution in [-0.2, 0) is 23.8 Å². The molecule has 0 aromatic carbocycles. The highest BCUT2D eigenvalue weighted by Gasteiger charge is 2.99. The van der Waals surface area contributed by atoms with Crippen molar-refractivity contribution in [3.63, 3.8) is 0 Å². The van der Waals surface area contributed by atoms with E-state index < -0.39 is 39.7 Å². The maximum absolute atomic E-state index is 12.4. The molecule has 1 N–H and O–H groups in total. The first-order valence-electron chi connectivity index (χ1n) is 7.45. The minimum Gasteiger partial charge on any atom is -0.464 e. The zero-order valence-corrected chi connectivity index (χ0v) is 12.3. The number of carbonyl (C=O) groups excluding carboxylic acids is 2. The molecular formula is C15H18O6. The second-order valence-corrected chi connectivity index (χ2v) is 7.88. The van der Waals surface area contributed by atoms with E-state index in [1.807, 2.05) is 20.8 Å². The molecule has 5 fully saturated rings. The van der Waals surface area contributed by atoms with E-state index in [0.717, 1.165) is 0 Å². The van der Waals surface area contributed by atoms with Crippen molar-refractivity contribution in [3.8, 4) is 0 Å². The summed E-state index contributed by atoms with van der Waals surface area (Å²) in [5.74, 6) is -0.540. The smallest absolute Gasteiger partial charge is 0.315 e. The molecule has 6 nitrogen and oxygen atoms in total. The lowest BCUT2D eigenvalue weighted by molar-refractivity contribution is -0.334. The van der Waals surface area contributed by atoms with Gasteiger partial charge in [-0.05, 0) is 13.8 Å². The van der Waals surface area contributed by atoms with Crippen molar-refractivity contribution in [2.24, 2.45) is 16.2 Å². The maximum atomic E-state index is 12.4. The summed E-state index contributed by atoms with van der Waals surface area (Å²) in [5, 5.41) is 10.5. The molecule has 0 amide bonds. The highest BCUT2D eigenvalue weighted by Crippen LogP contribution is 2.86. The van der Waals surface area contributed by atoms with E-state index in [1.54, 1.807) is 0 Å². The Balaban J connectivity index is 1.85. The van der Waals surface area contributed by atoms with Crippen molar-refractivity contribution in [2.45, 2.75) is 57.0 Å². The van der Waals surface area contributed by atoms with Gasteiger partial charge in [-0.2, -0.15) is 0 Å². The monoisotopic (exact) mass is 294 g/mol. The van der Waals surface area contributed by atoms with Crippen molar-refractivity contribution >= 4 is 11.9 Å². The zero-order chi connectivity index (χ0) is 15.1. The quantitative estimate of drug-likeness (QED) is 0.641. The summed E-state index contributed by atoms with van der Waals surface area (Å²) >= 11 is 0. The largest absolute Gasteiger partial charge is 0.464 e. The standard InChI is InChI=1S/C15H18O6/c1-11-6-19-10(18)12(11,2)9-14-5-8(17)20-15(11,14)4-7(16)13(14,3)21-9/h7,9,16H,4-6H2,1-3H3/t7-,9-,11+,12-,13+,14?,15-/m0/s1. The minimum absolute atomic E-state index is 0.208. The van der Waals surface area contributed by atoms with Crippen LogP contribution in [0.2, 0.25) is 0 Å². The molecule has 5 aliphatic rings. The molecule has 1 spiro atoms. The van der Waals surface area contributed by atoms with E-state index in [1.165, 1.54) is 0 Å². The first-order valence-corrected chi connectivity index (χ1v) is 7.45. The predicted octanol–water partition coefficient (Wildman–Crippen LogP) is 0.164. The number of fused-ring (bicyclic) bond motifs is 2. The molecule has 1 unspecified atom stereocenters. The molecule has 3 saturated heterocycles. The Morgan fingerprint density at radius 1 is 1.24 bits per heavy atom. The molecule has 0 aromatic rings. The van der Waals surface area contributed by atoms with Gasteiger partial charge in [0.25, 0.3) is 0 Å². The van der Waals surface area contributed by atoms with Crippen LogP contribution in [0.15, 0.2) is 0 Å². The van der Waals surface area contributed by atoms with Crippen LogP contribution < -0.4 is 0 Å². The van der Waals surface area contributed by atoms with Gasteiger partial charge in [-0.3, -0.25) is 9.59 Å². The average Bonchev–Trinajstić information content (AvgIpc) is 2.92. The molecule has 114 valence electrons. The molecule has 0 aromatic heterocycles. The number of aliphatic hydroxyl groups excluding tert-OH is 1. The minimum atomic E-state index is -0.866. The SMILES string of the molecule is C[C@@]12COC(=O)[C@]1(C)[C@@H]1O[C@]3(C)[C@@H](O)C[C@]24OC(=O)CC134. The van der Waals surface area contributed by atoms with E-state index >= 15 is 0 Å². The van der Waals surface area contributed by atoms with Gasteiger partial charge in [0, 0.05) is 6.42 Å². The normalized spacial score (nSPS) is 66.3. The lowest BCUT2D eigenvalue weighted by atomic mass is 9.60.